The Morgan fingerprint density at radius 1 is 1.29 bits per heavy atom. The van der Waals surface area contributed by atoms with Gasteiger partial charge in [0.05, 0.1) is 0 Å². The number of unbranched alkanes of at least 4 members (excludes halogenated alkanes) is 2. The van der Waals surface area contributed by atoms with Crippen LogP contribution in [0.15, 0.2) is 18.7 Å². The lowest BCUT2D eigenvalue weighted by atomic mass is 10.2. The molecule has 0 atom stereocenters. The van der Waals surface area contributed by atoms with Gasteiger partial charge in [-0.25, -0.2) is 9.97 Å². The fourth-order valence-electron chi connectivity index (χ4n) is 1.13. The molecule has 0 aliphatic rings. The van der Waals surface area contributed by atoms with Gasteiger partial charge in [0.25, 0.3) is 0 Å². The van der Waals surface area contributed by atoms with Crippen LogP contribution in [-0.4, -0.2) is 16.5 Å². The number of hydrogen-bond acceptors (Lipinski definition) is 3. The van der Waals surface area contributed by atoms with E-state index in [0.717, 1.165) is 37.9 Å². The van der Waals surface area contributed by atoms with Gasteiger partial charge in [-0.15, -0.1) is 12.3 Å². The number of aromatic nitrogens is 2. The van der Waals surface area contributed by atoms with Gasteiger partial charge in [-0.3, -0.25) is 0 Å². The lowest BCUT2D eigenvalue weighted by Crippen LogP contribution is -2.14. The second kappa shape index (κ2) is 7.05. The molecule has 3 nitrogen and oxygen atoms in total. The molecule has 0 bridgehead atoms. The van der Waals surface area contributed by atoms with Crippen molar-refractivity contribution in [1.82, 2.24) is 15.3 Å². The Morgan fingerprint density at radius 3 is 2.79 bits per heavy atom. The summed E-state index contributed by atoms with van der Waals surface area (Å²) in [6, 6.07) is 0. The maximum Gasteiger partial charge on any atom is 0.115 e. The van der Waals surface area contributed by atoms with E-state index >= 15 is 0 Å². The first-order chi connectivity index (χ1) is 6.93. The minimum absolute atomic E-state index is 0.830. The van der Waals surface area contributed by atoms with Gasteiger partial charge in [-0.05, 0) is 19.4 Å². The average Bonchev–Trinajstić information content (AvgIpc) is 2.25. The predicted molar refractivity (Wildman–Crippen MR) is 56.4 cm³/mol. The molecule has 0 radical (unpaired) electrons. The molecular formula is C11H15N3. The summed E-state index contributed by atoms with van der Waals surface area (Å²) in [7, 11) is 0. The summed E-state index contributed by atoms with van der Waals surface area (Å²) in [6.45, 7) is 1.83. The van der Waals surface area contributed by atoms with Crippen molar-refractivity contribution in [3.8, 4) is 12.3 Å². The molecule has 0 aromatic carbocycles. The van der Waals surface area contributed by atoms with Gasteiger partial charge in [0.2, 0.25) is 0 Å². The van der Waals surface area contributed by atoms with Gasteiger partial charge in [0, 0.05) is 30.9 Å². The number of terminal acetylenes is 1. The summed E-state index contributed by atoms with van der Waals surface area (Å²) < 4.78 is 0. The van der Waals surface area contributed by atoms with Crippen LogP contribution in [0.25, 0.3) is 0 Å². The maximum absolute atomic E-state index is 5.15. The molecule has 0 amide bonds. The van der Waals surface area contributed by atoms with Crippen molar-refractivity contribution in [3.05, 3.63) is 24.3 Å². The van der Waals surface area contributed by atoms with E-state index in [-0.39, 0.29) is 0 Å². The highest BCUT2D eigenvalue weighted by molar-refractivity contribution is 5.01. The quantitative estimate of drug-likeness (QED) is 0.542. The molecule has 0 aliphatic heterocycles. The molecule has 0 unspecified atom stereocenters. The van der Waals surface area contributed by atoms with E-state index in [4.69, 9.17) is 6.42 Å². The number of nitrogens with zero attached hydrogens (tertiary/aromatic N) is 2. The minimum atomic E-state index is 0.830. The lowest BCUT2D eigenvalue weighted by molar-refractivity contribution is 0.627. The summed E-state index contributed by atoms with van der Waals surface area (Å²) in [5.41, 5.74) is 1.12. The van der Waals surface area contributed by atoms with E-state index < -0.39 is 0 Å². The first-order valence-corrected chi connectivity index (χ1v) is 4.81. The molecule has 1 rings (SSSR count). The van der Waals surface area contributed by atoms with Crippen LogP contribution < -0.4 is 5.32 Å². The van der Waals surface area contributed by atoms with Crippen LogP contribution in [0.1, 0.15) is 24.8 Å². The first kappa shape index (κ1) is 10.7. The highest BCUT2D eigenvalue weighted by atomic mass is 14.9. The zero-order valence-electron chi connectivity index (χ0n) is 8.24. The van der Waals surface area contributed by atoms with Gasteiger partial charge in [-0.2, -0.15) is 0 Å². The molecule has 0 aliphatic carbocycles. The number of nitrogens with one attached hydrogen (secondary N) is 1. The summed E-state index contributed by atoms with van der Waals surface area (Å²) in [4.78, 5) is 7.87. The SMILES string of the molecule is C#CCCCCNCc1cncnc1. The third kappa shape index (κ3) is 4.58. The minimum Gasteiger partial charge on any atom is -0.313 e. The van der Waals surface area contributed by atoms with Crippen LogP contribution in [0.2, 0.25) is 0 Å². The third-order valence-corrected chi connectivity index (χ3v) is 1.87. The van der Waals surface area contributed by atoms with Crippen molar-refractivity contribution in [2.75, 3.05) is 6.54 Å². The smallest absolute Gasteiger partial charge is 0.115 e. The van der Waals surface area contributed by atoms with Crippen LogP contribution in [0.5, 0.6) is 0 Å². The third-order valence-electron chi connectivity index (χ3n) is 1.87. The molecule has 1 N–H and O–H groups in total. The normalized spacial score (nSPS) is 9.64. The number of hydrogen-bond donors (Lipinski definition) is 1. The Kier molecular flexibility index (Phi) is 5.38. The fraction of sp³-hybridized carbons (Fsp3) is 0.455. The Bertz CT molecular complexity index is 276. The predicted octanol–water partition coefficient (Wildman–Crippen LogP) is 1.37. The van der Waals surface area contributed by atoms with Crippen LogP contribution in [0.4, 0.5) is 0 Å². The molecular weight excluding hydrogens is 174 g/mol. The molecule has 3 heteroatoms. The highest BCUT2D eigenvalue weighted by Crippen LogP contribution is 1.94. The monoisotopic (exact) mass is 189 g/mol. The van der Waals surface area contributed by atoms with E-state index in [2.05, 4.69) is 21.2 Å². The molecule has 0 saturated heterocycles. The summed E-state index contributed by atoms with van der Waals surface area (Å²) in [5, 5.41) is 3.31. The first-order valence-electron chi connectivity index (χ1n) is 4.81. The zero-order valence-corrected chi connectivity index (χ0v) is 8.24. The molecule has 1 heterocycles. The maximum atomic E-state index is 5.15. The Balaban J connectivity index is 2.03. The largest absolute Gasteiger partial charge is 0.313 e. The van der Waals surface area contributed by atoms with E-state index in [9.17, 15) is 0 Å². The molecule has 1 aromatic rings. The molecule has 1 aromatic heterocycles. The van der Waals surface area contributed by atoms with Gasteiger partial charge in [-0.1, -0.05) is 0 Å². The summed E-state index contributed by atoms with van der Waals surface area (Å²) in [5.74, 6) is 2.63. The van der Waals surface area contributed by atoms with Gasteiger partial charge in [0.15, 0.2) is 0 Å². The van der Waals surface area contributed by atoms with Crippen molar-refractivity contribution in [2.24, 2.45) is 0 Å². The lowest BCUT2D eigenvalue weighted by Gasteiger charge is -2.02. The van der Waals surface area contributed by atoms with Gasteiger partial charge >= 0.3 is 0 Å². The van der Waals surface area contributed by atoms with E-state index in [1.807, 2.05) is 12.4 Å². The second-order valence-corrected chi connectivity index (χ2v) is 3.08. The molecule has 0 saturated carbocycles. The van der Waals surface area contributed by atoms with Crippen molar-refractivity contribution in [3.63, 3.8) is 0 Å². The van der Waals surface area contributed by atoms with Crippen LogP contribution in [0, 0.1) is 12.3 Å². The van der Waals surface area contributed by atoms with Crippen LogP contribution >= 0.6 is 0 Å². The summed E-state index contributed by atoms with van der Waals surface area (Å²) in [6.07, 6.45) is 13.4. The van der Waals surface area contributed by atoms with Crippen molar-refractivity contribution >= 4 is 0 Å². The van der Waals surface area contributed by atoms with Gasteiger partial charge in [0.1, 0.15) is 6.33 Å². The van der Waals surface area contributed by atoms with Crippen molar-refractivity contribution in [1.29, 1.82) is 0 Å². The van der Waals surface area contributed by atoms with E-state index in [1.165, 1.54) is 6.33 Å². The Morgan fingerprint density at radius 2 is 2.07 bits per heavy atom. The molecule has 0 spiro atoms. The van der Waals surface area contributed by atoms with E-state index in [0.29, 0.717) is 0 Å². The topological polar surface area (TPSA) is 37.8 Å². The standard InChI is InChI=1S/C11H15N3/c1-2-3-4-5-6-12-7-11-8-13-10-14-9-11/h1,8-10,12H,3-7H2. The van der Waals surface area contributed by atoms with Gasteiger partial charge < -0.3 is 5.32 Å². The molecule has 14 heavy (non-hydrogen) atoms. The summed E-state index contributed by atoms with van der Waals surface area (Å²) >= 11 is 0. The highest BCUT2D eigenvalue weighted by Gasteiger charge is 1.91. The average molecular weight is 189 g/mol. The Labute approximate surface area is 85.0 Å². The molecule has 0 fully saturated rings. The number of rotatable bonds is 6. The second-order valence-electron chi connectivity index (χ2n) is 3.08. The van der Waals surface area contributed by atoms with Crippen LogP contribution in [0.3, 0.4) is 0 Å². The molecule has 74 valence electrons. The van der Waals surface area contributed by atoms with E-state index in [1.54, 1.807) is 0 Å². The Hall–Kier alpha value is -1.40. The van der Waals surface area contributed by atoms with Crippen molar-refractivity contribution in [2.45, 2.75) is 25.8 Å². The fourth-order valence-corrected chi connectivity index (χ4v) is 1.13. The van der Waals surface area contributed by atoms with Crippen molar-refractivity contribution < 1.29 is 0 Å². The van der Waals surface area contributed by atoms with Crippen LogP contribution in [-0.2, 0) is 6.54 Å². The zero-order chi connectivity index (χ0) is 10.1.